The van der Waals surface area contributed by atoms with Crippen LogP contribution in [0.2, 0.25) is 0 Å². The van der Waals surface area contributed by atoms with Gasteiger partial charge < -0.3 is 4.74 Å². The molecule has 0 bridgehead atoms. The minimum Gasteiger partial charge on any atom is -0.484 e. The van der Waals surface area contributed by atoms with E-state index in [9.17, 15) is 14.0 Å². The fraction of sp³-hybridized carbons (Fsp3) is 0.176. The lowest BCUT2D eigenvalue weighted by atomic mass is 10.1. The van der Waals surface area contributed by atoms with E-state index < -0.39 is 17.6 Å². The number of carbonyl (C=O) groups excluding carboxylic acids is 2. The van der Waals surface area contributed by atoms with Crippen LogP contribution in [-0.4, -0.2) is 18.4 Å². The molecule has 0 heterocycles. The third kappa shape index (κ3) is 4.81. The Bertz CT molecular complexity index is 732. The molecule has 0 atom stereocenters. The van der Waals surface area contributed by atoms with Crippen molar-refractivity contribution in [2.45, 2.75) is 13.8 Å². The SMILES string of the molecule is Cc1ccc(OCC(=O)NNC(=O)c2cccc(F)c2)cc1C. The van der Waals surface area contributed by atoms with Crippen molar-refractivity contribution < 1.29 is 18.7 Å². The third-order valence-corrected chi connectivity index (χ3v) is 3.25. The first-order valence-corrected chi connectivity index (χ1v) is 7.00. The number of rotatable bonds is 4. The van der Waals surface area contributed by atoms with Crippen molar-refractivity contribution >= 4 is 11.8 Å². The van der Waals surface area contributed by atoms with Gasteiger partial charge in [-0.15, -0.1) is 0 Å². The van der Waals surface area contributed by atoms with Gasteiger partial charge in [0.1, 0.15) is 11.6 Å². The first-order valence-electron chi connectivity index (χ1n) is 7.00. The van der Waals surface area contributed by atoms with E-state index in [1.54, 1.807) is 6.07 Å². The summed E-state index contributed by atoms with van der Waals surface area (Å²) in [4.78, 5) is 23.4. The van der Waals surface area contributed by atoms with Crippen LogP contribution in [0, 0.1) is 19.7 Å². The quantitative estimate of drug-likeness (QED) is 0.851. The molecular weight excluding hydrogens is 299 g/mol. The maximum atomic E-state index is 13.0. The Labute approximate surface area is 133 Å². The number of carbonyl (C=O) groups is 2. The molecule has 0 aliphatic carbocycles. The second-order valence-electron chi connectivity index (χ2n) is 5.05. The van der Waals surface area contributed by atoms with Crippen molar-refractivity contribution in [3.8, 4) is 5.75 Å². The molecular formula is C17H17FN2O3. The van der Waals surface area contributed by atoms with Gasteiger partial charge >= 0.3 is 0 Å². The minimum atomic E-state index is -0.607. The van der Waals surface area contributed by atoms with Crippen LogP contribution < -0.4 is 15.6 Å². The number of hydrazine groups is 1. The van der Waals surface area contributed by atoms with Crippen molar-refractivity contribution in [3.05, 3.63) is 65.0 Å². The van der Waals surface area contributed by atoms with Crippen LogP contribution in [-0.2, 0) is 4.79 Å². The van der Waals surface area contributed by atoms with Crippen molar-refractivity contribution in [1.82, 2.24) is 10.9 Å². The molecule has 2 rings (SSSR count). The monoisotopic (exact) mass is 316 g/mol. The highest BCUT2D eigenvalue weighted by Crippen LogP contribution is 2.16. The fourth-order valence-electron chi connectivity index (χ4n) is 1.82. The first kappa shape index (κ1) is 16.5. The normalized spacial score (nSPS) is 10.0. The van der Waals surface area contributed by atoms with Gasteiger partial charge in [0.05, 0.1) is 0 Å². The molecule has 2 N–H and O–H groups in total. The zero-order valence-electron chi connectivity index (χ0n) is 12.9. The lowest BCUT2D eigenvalue weighted by molar-refractivity contribution is -0.123. The molecule has 0 fully saturated rings. The highest BCUT2D eigenvalue weighted by atomic mass is 19.1. The Morgan fingerprint density at radius 3 is 2.52 bits per heavy atom. The van der Waals surface area contributed by atoms with Crippen LogP contribution in [0.4, 0.5) is 4.39 Å². The Morgan fingerprint density at radius 2 is 1.83 bits per heavy atom. The van der Waals surface area contributed by atoms with Gasteiger partial charge in [0.25, 0.3) is 11.8 Å². The zero-order chi connectivity index (χ0) is 16.8. The van der Waals surface area contributed by atoms with E-state index in [2.05, 4.69) is 10.9 Å². The molecule has 5 nitrogen and oxygen atoms in total. The van der Waals surface area contributed by atoms with Crippen LogP contribution in [0.1, 0.15) is 21.5 Å². The predicted octanol–water partition coefficient (Wildman–Crippen LogP) is 2.28. The molecule has 0 aromatic heterocycles. The molecule has 0 aliphatic rings. The summed E-state index contributed by atoms with van der Waals surface area (Å²) in [6.45, 7) is 3.68. The van der Waals surface area contributed by atoms with E-state index in [-0.39, 0.29) is 12.2 Å². The molecule has 120 valence electrons. The Morgan fingerprint density at radius 1 is 1.04 bits per heavy atom. The number of benzene rings is 2. The summed E-state index contributed by atoms with van der Waals surface area (Å²) in [7, 11) is 0. The minimum absolute atomic E-state index is 0.111. The second kappa shape index (κ2) is 7.40. The molecule has 0 saturated heterocycles. The van der Waals surface area contributed by atoms with Crippen LogP contribution in [0.5, 0.6) is 5.75 Å². The molecule has 0 radical (unpaired) electrons. The molecule has 0 saturated carbocycles. The number of hydrogen-bond acceptors (Lipinski definition) is 3. The van der Waals surface area contributed by atoms with E-state index in [0.29, 0.717) is 5.75 Å². The molecule has 0 aliphatic heterocycles. The topological polar surface area (TPSA) is 67.4 Å². The fourth-order valence-corrected chi connectivity index (χ4v) is 1.82. The number of nitrogens with one attached hydrogen (secondary N) is 2. The number of hydrogen-bond donors (Lipinski definition) is 2. The van der Waals surface area contributed by atoms with Crippen LogP contribution in [0.3, 0.4) is 0 Å². The van der Waals surface area contributed by atoms with Gasteiger partial charge in [0.2, 0.25) is 0 Å². The average Bonchev–Trinajstić information content (AvgIpc) is 2.53. The van der Waals surface area contributed by atoms with Gasteiger partial charge in [-0.3, -0.25) is 20.4 Å². The molecule has 6 heteroatoms. The van der Waals surface area contributed by atoms with Gasteiger partial charge in [0, 0.05) is 5.56 Å². The summed E-state index contributed by atoms with van der Waals surface area (Å²) >= 11 is 0. The van der Waals surface area contributed by atoms with E-state index in [0.717, 1.165) is 17.2 Å². The second-order valence-corrected chi connectivity index (χ2v) is 5.05. The van der Waals surface area contributed by atoms with Crippen molar-refractivity contribution in [3.63, 3.8) is 0 Å². The molecule has 23 heavy (non-hydrogen) atoms. The summed E-state index contributed by atoms with van der Waals surface area (Å²) in [6.07, 6.45) is 0. The van der Waals surface area contributed by atoms with Crippen molar-refractivity contribution in [1.29, 1.82) is 0 Å². The maximum absolute atomic E-state index is 13.0. The lowest BCUT2D eigenvalue weighted by Crippen LogP contribution is -2.43. The molecule has 0 spiro atoms. The number of ether oxygens (including phenoxy) is 1. The van der Waals surface area contributed by atoms with Gasteiger partial charge in [-0.1, -0.05) is 12.1 Å². The third-order valence-electron chi connectivity index (χ3n) is 3.25. The van der Waals surface area contributed by atoms with Crippen LogP contribution in [0.15, 0.2) is 42.5 Å². The summed E-state index contributed by atoms with van der Waals surface area (Å²) in [5, 5.41) is 0. The van der Waals surface area contributed by atoms with Gasteiger partial charge in [-0.05, 0) is 55.3 Å². The maximum Gasteiger partial charge on any atom is 0.276 e. The average molecular weight is 316 g/mol. The molecule has 2 aromatic carbocycles. The summed E-state index contributed by atoms with van der Waals surface area (Å²) in [6, 6.07) is 10.6. The smallest absolute Gasteiger partial charge is 0.276 e. The Kier molecular flexibility index (Phi) is 5.30. The first-order chi connectivity index (χ1) is 11.0. The van der Waals surface area contributed by atoms with Gasteiger partial charge in [-0.2, -0.15) is 0 Å². The Hall–Kier alpha value is -2.89. The largest absolute Gasteiger partial charge is 0.484 e. The summed E-state index contributed by atoms with van der Waals surface area (Å²) in [5.74, 6) is -1.08. The van der Waals surface area contributed by atoms with Crippen LogP contribution >= 0.6 is 0 Å². The molecule has 2 amide bonds. The lowest BCUT2D eigenvalue weighted by Gasteiger charge is -2.10. The zero-order valence-corrected chi connectivity index (χ0v) is 12.9. The number of halogens is 1. The number of amides is 2. The van der Waals surface area contributed by atoms with Gasteiger partial charge in [-0.25, -0.2) is 4.39 Å². The van der Waals surface area contributed by atoms with Gasteiger partial charge in [0.15, 0.2) is 6.61 Å². The highest BCUT2D eigenvalue weighted by Gasteiger charge is 2.08. The van der Waals surface area contributed by atoms with Crippen molar-refractivity contribution in [2.75, 3.05) is 6.61 Å². The molecule has 0 unspecified atom stereocenters. The van der Waals surface area contributed by atoms with E-state index in [1.807, 2.05) is 26.0 Å². The summed E-state index contributed by atoms with van der Waals surface area (Å²) in [5.41, 5.74) is 6.71. The Balaban J connectivity index is 1.81. The van der Waals surface area contributed by atoms with Crippen LogP contribution in [0.25, 0.3) is 0 Å². The predicted molar refractivity (Wildman–Crippen MR) is 83.4 cm³/mol. The summed E-state index contributed by atoms with van der Waals surface area (Å²) < 4.78 is 18.3. The molecule has 2 aromatic rings. The van der Waals surface area contributed by atoms with E-state index >= 15 is 0 Å². The number of aryl methyl sites for hydroxylation is 2. The van der Waals surface area contributed by atoms with E-state index in [1.165, 1.54) is 18.2 Å². The highest BCUT2D eigenvalue weighted by molar-refractivity contribution is 5.95. The van der Waals surface area contributed by atoms with E-state index in [4.69, 9.17) is 4.74 Å². The standard InChI is InChI=1S/C17H17FN2O3/c1-11-6-7-15(8-12(11)2)23-10-16(21)19-20-17(22)13-4-3-5-14(18)9-13/h3-9H,10H2,1-2H3,(H,19,21)(H,20,22). The van der Waals surface area contributed by atoms with Crippen molar-refractivity contribution in [2.24, 2.45) is 0 Å².